The maximum absolute atomic E-state index is 5.30. The molecule has 50 heavy (non-hydrogen) atoms. The predicted molar refractivity (Wildman–Crippen MR) is 209 cm³/mol. The van der Waals surface area contributed by atoms with Crippen LogP contribution in [0.3, 0.4) is 0 Å². The number of nitrogens with zero attached hydrogens (tertiary/aromatic N) is 4. The van der Waals surface area contributed by atoms with Crippen LogP contribution in [-0.4, -0.2) is 19.4 Å². The number of rotatable bonds is 5. The van der Waals surface area contributed by atoms with Gasteiger partial charge in [-0.3, -0.25) is 0 Å². The van der Waals surface area contributed by atoms with E-state index in [1.807, 2.05) is 24.4 Å². The van der Waals surface area contributed by atoms with Crippen LogP contribution in [0.15, 0.2) is 158 Å². The van der Waals surface area contributed by atoms with Crippen molar-refractivity contribution in [3.63, 3.8) is 0 Å². The summed E-state index contributed by atoms with van der Waals surface area (Å²) >= 11 is 1.71. The molecule has 4 nitrogen and oxygen atoms in total. The van der Waals surface area contributed by atoms with Gasteiger partial charge in [-0.1, -0.05) is 122 Å². The van der Waals surface area contributed by atoms with Gasteiger partial charge in [-0.25, -0.2) is 15.0 Å². The first-order valence-corrected chi connectivity index (χ1v) is 17.4. The third-order valence-corrected chi connectivity index (χ3v) is 10.7. The van der Waals surface area contributed by atoms with Crippen molar-refractivity contribution in [3.8, 4) is 54.8 Å². The van der Waals surface area contributed by atoms with Crippen LogP contribution in [0.5, 0.6) is 0 Å². The lowest BCUT2D eigenvalue weighted by Crippen LogP contribution is -1.96. The second-order valence-corrected chi connectivity index (χ2v) is 13.6. The van der Waals surface area contributed by atoms with Gasteiger partial charge in [-0.2, -0.15) is 0 Å². The molecule has 0 fully saturated rings. The number of aromatic nitrogens is 4. The van der Waals surface area contributed by atoms with E-state index in [9.17, 15) is 0 Å². The molecule has 10 rings (SSSR count). The van der Waals surface area contributed by atoms with Crippen molar-refractivity contribution in [2.45, 2.75) is 0 Å². The molecule has 0 aliphatic carbocycles. The molecular formula is C45H28N4S. The highest BCUT2D eigenvalue weighted by atomic mass is 32.1. The van der Waals surface area contributed by atoms with Gasteiger partial charge in [0.05, 0.1) is 32.6 Å². The Labute approximate surface area is 292 Å². The van der Waals surface area contributed by atoms with E-state index in [-0.39, 0.29) is 0 Å². The zero-order chi connectivity index (χ0) is 33.2. The average molecular weight is 657 g/mol. The number of fused-ring (bicyclic) bond motifs is 6. The van der Waals surface area contributed by atoms with Crippen molar-refractivity contribution in [1.29, 1.82) is 0 Å². The standard InChI is InChI=1S/C45H28N4S/c1-28-34-19-9-11-22-38(34)49-39-24-23-33(26-36(39)41(43(28)49)40-27-46-45(50-40)30-15-6-3-7-16-30)44-47-37-21-10-8-20-35(37)42(48-44)32-18-12-17-31(25-32)29-13-4-2-5-14-29/h2-27H,1H2. The second kappa shape index (κ2) is 11.3. The molecule has 5 heteroatoms. The van der Waals surface area contributed by atoms with E-state index in [0.717, 1.165) is 86.8 Å². The molecule has 4 aromatic heterocycles. The molecule has 0 atom stereocenters. The number of para-hydroxylation sites is 2. The van der Waals surface area contributed by atoms with Crippen molar-refractivity contribution in [2.75, 3.05) is 0 Å². The van der Waals surface area contributed by atoms with Gasteiger partial charge in [-0.15, -0.1) is 11.3 Å². The van der Waals surface area contributed by atoms with Crippen molar-refractivity contribution < 1.29 is 0 Å². The Morgan fingerprint density at radius 2 is 1.20 bits per heavy atom. The van der Waals surface area contributed by atoms with Crippen LogP contribution in [0.25, 0.3) is 99.6 Å². The highest BCUT2D eigenvalue weighted by molar-refractivity contribution is 7.18. The van der Waals surface area contributed by atoms with E-state index < -0.39 is 0 Å². The summed E-state index contributed by atoms with van der Waals surface area (Å²) in [5, 5.41) is 5.32. The Morgan fingerprint density at radius 3 is 2.04 bits per heavy atom. The molecule has 4 heterocycles. The Kier molecular flexibility index (Phi) is 6.48. The Bertz CT molecular complexity index is 2940. The maximum atomic E-state index is 5.30. The molecule has 234 valence electrons. The first kappa shape index (κ1) is 28.6. The lowest BCUT2D eigenvalue weighted by Gasteiger charge is -2.11. The van der Waals surface area contributed by atoms with E-state index >= 15 is 0 Å². The molecule has 0 unspecified atom stereocenters. The third kappa shape index (κ3) is 4.48. The summed E-state index contributed by atoms with van der Waals surface area (Å²) in [6.45, 7) is 4.61. The van der Waals surface area contributed by atoms with Crippen LogP contribution >= 0.6 is 11.3 Å². The Hall–Kier alpha value is -6.43. The average Bonchev–Trinajstić information content (AvgIpc) is 3.88. The van der Waals surface area contributed by atoms with Gasteiger partial charge in [0.2, 0.25) is 0 Å². The van der Waals surface area contributed by atoms with E-state index in [4.69, 9.17) is 15.0 Å². The molecule has 0 aliphatic heterocycles. The smallest absolute Gasteiger partial charge is 0.160 e. The van der Waals surface area contributed by atoms with Crippen LogP contribution < -0.4 is 5.22 Å². The van der Waals surface area contributed by atoms with Gasteiger partial charge in [0.1, 0.15) is 5.01 Å². The molecule has 0 saturated carbocycles. The molecule has 0 aliphatic rings. The molecule has 0 bridgehead atoms. The van der Waals surface area contributed by atoms with Crippen molar-refractivity contribution in [3.05, 3.63) is 163 Å². The Balaban J connectivity index is 1.21. The highest BCUT2D eigenvalue weighted by Crippen LogP contribution is 2.42. The third-order valence-electron chi connectivity index (χ3n) is 9.60. The quantitative estimate of drug-likeness (QED) is 0.185. The summed E-state index contributed by atoms with van der Waals surface area (Å²) in [4.78, 5) is 16.4. The van der Waals surface area contributed by atoms with Crippen molar-refractivity contribution in [2.24, 2.45) is 0 Å². The Morgan fingerprint density at radius 1 is 0.520 bits per heavy atom. The fraction of sp³-hybridized carbons (Fsp3) is 0. The SMILES string of the molecule is C=c1c2ccccc2n2c1c(-c1cnc(-c3ccccc3)s1)c1cc(-c3nc(-c4cccc(-c5ccccc5)c4)c4ccccc4n3)ccc12. The second-order valence-electron chi connectivity index (χ2n) is 12.5. The molecular weight excluding hydrogens is 629 g/mol. The minimum Gasteiger partial charge on any atom is -0.308 e. The van der Waals surface area contributed by atoms with Gasteiger partial charge < -0.3 is 4.40 Å². The van der Waals surface area contributed by atoms with E-state index in [1.165, 1.54) is 5.56 Å². The van der Waals surface area contributed by atoms with Gasteiger partial charge in [-0.05, 0) is 47.5 Å². The minimum absolute atomic E-state index is 0.691. The van der Waals surface area contributed by atoms with Crippen molar-refractivity contribution >= 4 is 56.1 Å². The number of hydrogen-bond donors (Lipinski definition) is 0. The van der Waals surface area contributed by atoms with E-state index in [2.05, 4.69) is 144 Å². The first-order chi connectivity index (χ1) is 24.7. The van der Waals surface area contributed by atoms with Gasteiger partial charge in [0.15, 0.2) is 5.82 Å². The zero-order valence-corrected chi connectivity index (χ0v) is 27.7. The van der Waals surface area contributed by atoms with Gasteiger partial charge in [0, 0.05) is 49.8 Å². The molecule has 0 amide bonds. The molecule has 6 aromatic carbocycles. The van der Waals surface area contributed by atoms with Crippen LogP contribution in [0.4, 0.5) is 0 Å². The number of hydrogen-bond acceptors (Lipinski definition) is 4. The summed E-state index contributed by atoms with van der Waals surface area (Å²) in [5.41, 5.74) is 11.8. The topological polar surface area (TPSA) is 43.1 Å². The summed E-state index contributed by atoms with van der Waals surface area (Å²) in [6.07, 6.45) is 2.01. The first-order valence-electron chi connectivity index (χ1n) is 16.6. The van der Waals surface area contributed by atoms with Crippen LogP contribution in [0.1, 0.15) is 0 Å². The predicted octanol–water partition coefficient (Wildman–Crippen LogP) is 11.1. The molecule has 0 saturated heterocycles. The fourth-order valence-electron chi connectivity index (χ4n) is 7.27. The normalized spacial score (nSPS) is 11.7. The van der Waals surface area contributed by atoms with E-state index in [1.54, 1.807) is 11.3 Å². The number of benzene rings is 6. The monoisotopic (exact) mass is 656 g/mol. The van der Waals surface area contributed by atoms with Crippen molar-refractivity contribution in [1.82, 2.24) is 19.4 Å². The maximum Gasteiger partial charge on any atom is 0.160 e. The zero-order valence-electron chi connectivity index (χ0n) is 26.9. The van der Waals surface area contributed by atoms with E-state index in [0.29, 0.717) is 5.82 Å². The molecule has 0 radical (unpaired) electrons. The van der Waals surface area contributed by atoms with Gasteiger partial charge in [0.25, 0.3) is 0 Å². The summed E-state index contributed by atoms with van der Waals surface area (Å²) in [5.74, 6) is 0.691. The van der Waals surface area contributed by atoms with Crippen LogP contribution in [0.2, 0.25) is 0 Å². The minimum atomic E-state index is 0.691. The molecule has 0 N–H and O–H groups in total. The number of thiazole rings is 1. The fourth-order valence-corrected chi connectivity index (χ4v) is 8.26. The summed E-state index contributed by atoms with van der Waals surface area (Å²) < 4.78 is 2.36. The highest BCUT2D eigenvalue weighted by Gasteiger charge is 2.22. The van der Waals surface area contributed by atoms with Crippen LogP contribution in [0, 0.1) is 0 Å². The lowest BCUT2D eigenvalue weighted by atomic mass is 9.99. The lowest BCUT2D eigenvalue weighted by molar-refractivity contribution is 1.23. The molecule has 0 spiro atoms. The largest absolute Gasteiger partial charge is 0.308 e. The molecule has 10 aromatic rings. The summed E-state index contributed by atoms with van der Waals surface area (Å²) in [7, 11) is 0. The van der Waals surface area contributed by atoms with Crippen LogP contribution in [-0.2, 0) is 0 Å². The summed E-state index contributed by atoms with van der Waals surface area (Å²) in [6, 6.07) is 52.9. The van der Waals surface area contributed by atoms with Gasteiger partial charge >= 0.3 is 0 Å².